The molecule has 3 rings (SSSR count). The maximum Gasteiger partial charge on any atom is 0.339 e. The van der Waals surface area contributed by atoms with E-state index in [9.17, 15) is 9.59 Å². The highest BCUT2D eigenvalue weighted by molar-refractivity contribution is 5.92. The average Bonchev–Trinajstić information content (AvgIpc) is 2.73. The third-order valence-electron chi connectivity index (χ3n) is 4.28. The van der Waals surface area contributed by atoms with E-state index in [2.05, 4.69) is 14.9 Å². The molecule has 1 aliphatic rings. The zero-order chi connectivity index (χ0) is 19.1. The number of piperazine rings is 1. The molecule has 1 aliphatic heterocycles. The molecule has 0 aliphatic carbocycles. The lowest BCUT2D eigenvalue weighted by Gasteiger charge is -2.35. The summed E-state index contributed by atoms with van der Waals surface area (Å²) >= 11 is 0. The Labute approximate surface area is 158 Å². The van der Waals surface area contributed by atoms with Crippen LogP contribution < -0.4 is 4.90 Å². The Morgan fingerprint density at radius 3 is 2.59 bits per heavy atom. The van der Waals surface area contributed by atoms with E-state index in [0.29, 0.717) is 38.3 Å². The number of carbonyl (C=O) groups is 2. The van der Waals surface area contributed by atoms with Crippen LogP contribution in [0.25, 0.3) is 6.08 Å². The number of esters is 1. The van der Waals surface area contributed by atoms with Crippen molar-refractivity contribution >= 4 is 23.8 Å². The zero-order valence-corrected chi connectivity index (χ0v) is 15.2. The molecule has 0 radical (unpaired) electrons. The monoisotopic (exact) mass is 366 g/mol. The first-order chi connectivity index (χ1) is 13.2. The fourth-order valence-electron chi connectivity index (χ4n) is 2.81. The first kappa shape index (κ1) is 18.6. The van der Waals surface area contributed by atoms with Crippen molar-refractivity contribution in [1.29, 1.82) is 0 Å². The van der Waals surface area contributed by atoms with Crippen LogP contribution in [0.2, 0.25) is 0 Å². The summed E-state index contributed by atoms with van der Waals surface area (Å²) in [7, 11) is 0. The topological polar surface area (TPSA) is 75.6 Å². The Balaban J connectivity index is 1.53. The summed E-state index contributed by atoms with van der Waals surface area (Å²) in [6.07, 6.45) is 8.30. The Hall–Kier alpha value is -3.22. The van der Waals surface area contributed by atoms with E-state index in [4.69, 9.17) is 4.74 Å². The molecule has 1 saturated heterocycles. The first-order valence-corrected chi connectivity index (χ1v) is 8.92. The summed E-state index contributed by atoms with van der Waals surface area (Å²) in [5.41, 5.74) is 1.34. The number of nitrogens with zero attached hydrogens (tertiary/aromatic N) is 4. The molecule has 0 saturated carbocycles. The van der Waals surface area contributed by atoms with E-state index in [1.807, 2.05) is 23.1 Å². The van der Waals surface area contributed by atoms with Gasteiger partial charge in [0.15, 0.2) is 0 Å². The number of rotatable bonds is 5. The van der Waals surface area contributed by atoms with Gasteiger partial charge in [0.2, 0.25) is 5.91 Å². The van der Waals surface area contributed by atoms with Crippen LogP contribution >= 0.6 is 0 Å². The van der Waals surface area contributed by atoms with Crippen molar-refractivity contribution in [3.8, 4) is 0 Å². The molecule has 1 fully saturated rings. The van der Waals surface area contributed by atoms with Crippen LogP contribution in [0.4, 0.5) is 5.82 Å². The highest BCUT2D eigenvalue weighted by Gasteiger charge is 2.20. The Bertz CT molecular complexity index is 798. The van der Waals surface area contributed by atoms with Gasteiger partial charge in [-0.05, 0) is 36.8 Å². The van der Waals surface area contributed by atoms with Crippen LogP contribution in [-0.4, -0.2) is 59.5 Å². The molecular formula is C20H22N4O3. The fourth-order valence-corrected chi connectivity index (χ4v) is 2.81. The third-order valence-corrected chi connectivity index (χ3v) is 4.28. The predicted molar refractivity (Wildman–Crippen MR) is 102 cm³/mol. The molecule has 0 atom stereocenters. The van der Waals surface area contributed by atoms with E-state index in [-0.39, 0.29) is 11.9 Å². The summed E-state index contributed by atoms with van der Waals surface area (Å²) in [5, 5.41) is 0. The van der Waals surface area contributed by atoms with Crippen LogP contribution in [0.1, 0.15) is 22.8 Å². The largest absolute Gasteiger partial charge is 0.462 e. The van der Waals surface area contributed by atoms with Crippen molar-refractivity contribution in [2.24, 2.45) is 0 Å². The van der Waals surface area contributed by atoms with E-state index in [0.717, 1.165) is 11.4 Å². The first-order valence-electron chi connectivity index (χ1n) is 8.92. The van der Waals surface area contributed by atoms with Gasteiger partial charge in [-0.25, -0.2) is 9.78 Å². The minimum Gasteiger partial charge on any atom is -0.462 e. The van der Waals surface area contributed by atoms with Gasteiger partial charge in [0, 0.05) is 50.8 Å². The zero-order valence-electron chi connectivity index (χ0n) is 15.2. The van der Waals surface area contributed by atoms with Crippen molar-refractivity contribution in [2.75, 3.05) is 37.7 Å². The second-order valence-corrected chi connectivity index (χ2v) is 6.06. The highest BCUT2D eigenvalue weighted by Crippen LogP contribution is 2.15. The molecule has 2 aromatic heterocycles. The molecule has 3 heterocycles. The molecule has 2 aromatic rings. The Morgan fingerprint density at radius 2 is 1.96 bits per heavy atom. The SMILES string of the molecule is CCOC(=O)c1ccc(N2CCN(C(=O)C=Cc3cccnc3)CC2)nc1. The lowest BCUT2D eigenvalue weighted by molar-refractivity contribution is -0.126. The Morgan fingerprint density at radius 1 is 1.15 bits per heavy atom. The van der Waals surface area contributed by atoms with Gasteiger partial charge in [-0.15, -0.1) is 0 Å². The molecule has 0 unspecified atom stereocenters. The standard InChI is InChI=1S/C20H22N4O3/c1-2-27-20(26)17-6-7-18(22-15-17)23-10-12-24(13-11-23)19(25)8-5-16-4-3-9-21-14-16/h3-9,14-15H,2,10-13H2,1H3. The summed E-state index contributed by atoms with van der Waals surface area (Å²) < 4.78 is 4.96. The summed E-state index contributed by atoms with van der Waals surface area (Å²) in [6, 6.07) is 7.27. The van der Waals surface area contributed by atoms with Gasteiger partial charge in [-0.1, -0.05) is 6.07 Å². The summed E-state index contributed by atoms with van der Waals surface area (Å²) in [4.78, 5) is 36.3. The normalized spacial score (nSPS) is 14.4. The van der Waals surface area contributed by atoms with Gasteiger partial charge >= 0.3 is 5.97 Å². The van der Waals surface area contributed by atoms with Crippen molar-refractivity contribution < 1.29 is 14.3 Å². The molecule has 7 nitrogen and oxygen atoms in total. The molecule has 0 N–H and O–H groups in total. The number of pyridine rings is 2. The fraction of sp³-hybridized carbons (Fsp3) is 0.300. The van der Waals surface area contributed by atoms with Crippen LogP contribution in [0.15, 0.2) is 48.9 Å². The van der Waals surface area contributed by atoms with Crippen LogP contribution in [-0.2, 0) is 9.53 Å². The lowest BCUT2D eigenvalue weighted by atomic mass is 10.2. The molecule has 7 heteroatoms. The van der Waals surface area contributed by atoms with Gasteiger partial charge < -0.3 is 14.5 Å². The van der Waals surface area contributed by atoms with Gasteiger partial charge in [0.1, 0.15) is 5.82 Å². The maximum atomic E-state index is 12.3. The number of ether oxygens (including phenoxy) is 1. The van der Waals surface area contributed by atoms with Gasteiger partial charge in [0.05, 0.1) is 12.2 Å². The van der Waals surface area contributed by atoms with Gasteiger partial charge in [0.25, 0.3) is 0 Å². The van der Waals surface area contributed by atoms with E-state index >= 15 is 0 Å². The van der Waals surface area contributed by atoms with Crippen molar-refractivity contribution in [2.45, 2.75) is 6.92 Å². The molecule has 27 heavy (non-hydrogen) atoms. The quantitative estimate of drug-likeness (QED) is 0.595. The van der Waals surface area contributed by atoms with E-state index in [1.54, 1.807) is 37.5 Å². The minimum atomic E-state index is -0.368. The molecular weight excluding hydrogens is 344 g/mol. The van der Waals surface area contributed by atoms with Crippen LogP contribution in [0, 0.1) is 0 Å². The number of amides is 1. The van der Waals surface area contributed by atoms with Crippen LogP contribution in [0.3, 0.4) is 0 Å². The number of anilines is 1. The number of hydrogen-bond acceptors (Lipinski definition) is 6. The maximum absolute atomic E-state index is 12.3. The average molecular weight is 366 g/mol. The number of hydrogen-bond donors (Lipinski definition) is 0. The van der Waals surface area contributed by atoms with E-state index in [1.165, 1.54) is 6.20 Å². The summed E-state index contributed by atoms with van der Waals surface area (Å²) in [5.74, 6) is 0.414. The second kappa shape index (κ2) is 8.93. The van der Waals surface area contributed by atoms with Crippen molar-refractivity contribution in [1.82, 2.24) is 14.9 Å². The molecule has 1 amide bonds. The van der Waals surface area contributed by atoms with Crippen molar-refractivity contribution in [3.05, 3.63) is 60.1 Å². The number of carbonyl (C=O) groups excluding carboxylic acids is 2. The Kier molecular flexibility index (Phi) is 6.14. The molecule has 0 bridgehead atoms. The highest BCUT2D eigenvalue weighted by atomic mass is 16.5. The second-order valence-electron chi connectivity index (χ2n) is 6.06. The van der Waals surface area contributed by atoms with Gasteiger partial charge in [-0.3, -0.25) is 9.78 Å². The third kappa shape index (κ3) is 4.91. The molecule has 0 aromatic carbocycles. The van der Waals surface area contributed by atoms with E-state index < -0.39 is 0 Å². The number of aromatic nitrogens is 2. The molecule has 0 spiro atoms. The minimum absolute atomic E-state index is 0.0101. The van der Waals surface area contributed by atoms with Crippen molar-refractivity contribution in [3.63, 3.8) is 0 Å². The summed E-state index contributed by atoms with van der Waals surface area (Å²) in [6.45, 7) is 4.74. The smallest absolute Gasteiger partial charge is 0.339 e. The predicted octanol–water partition coefficient (Wildman–Crippen LogP) is 2.02. The molecule has 140 valence electrons. The van der Waals surface area contributed by atoms with Gasteiger partial charge in [-0.2, -0.15) is 0 Å². The lowest BCUT2D eigenvalue weighted by Crippen LogP contribution is -2.48. The van der Waals surface area contributed by atoms with Crippen LogP contribution in [0.5, 0.6) is 0 Å².